The van der Waals surface area contributed by atoms with Gasteiger partial charge in [-0.3, -0.25) is 0 Å². The predicted octanol–water partition coefficient (Wildman–Crippen LogP) is 1.56. The van der Waals surface area contributed by atoms with Crippen LogP contribution in [0.3, 0.4) is 0 Å². The highest BCUT2D eigenvalue weighted by Crippen LogP contribution is 2.14. The summed E-state index contributed by atoms with van der Waals surface area (Å²) >= 11 is 0. The standard InChI is InChI=1S/C8H9NO/c1-2-7-4-3-5-8(6-7)9-10/h1,6,10H,3-5H2/b9-8+. The molecule has 0 bridgehead atoms. The topological polar surface area (TPSA) is 32.6 Å². The Hall–Kier alpha value is -1.23. The SMILES string of the molecule is C#CC1=C/C(=N/O)CCC1. The summed E-state index contributed by atoms with van der Waals surface area (Å²) in [6, 6.07) is 0. The summed E-state index contributed by atoms with van der Waals surface area (Å²) in [5, 5.41) is 11.5. The number of nitrogens with zero attached hydrogens (tertiary/aromatic N) is 1. The highest BCUT2D eigenvalue weighted by Gasteiger charge is 2.05. The van der Waals surface area contributed by atoms with Crippen LogP contribution in [0.2, 0.25) is 0 Å². The first-order chi connectivity index (χ1) is 4.86. The second-order valence-electron chi connectivity index (χ2n) is 2.26. The van der Waals surface area contributed by atoms with Crippen LogP contribution >= 0.6 is 0 Å². The quantitative estimate of drug-likeness (QED) is 0.305. The first kappa shape index (κ1) is 6.88. The maximum absolute atomic E-state index is 8.38. The molecule has 0 amide bonds. The third-order valence-corrected chi connectivity index (χ3v) is 1.53. The summed E-state index contributed by atoms with van der Waals surface area (Å²) in [5.74, 6) is 2.54. The van der Waals surface area contributed by atoms with Crippen molar-refractivity contribution in [3.63, 3.8) is 0 Å². The normalized spacial score (nSPS) is 21.9. The van der Waals surface area contributed by atoms with Crippen LogP contribution in [0.5, 0.6) is 0 Å². The fraction of sp³-hybridized carbons (Fsp3) is 0.375. The summed E-state index contributed by atoms with van der Waals surface area (Å²) in [7, 11) is 0. The second-order valence-corrected chi connectivity index (χ2v) is 2.26. The van der Waals surface area contributed by atoms with E-state index in [0.29, 0.717) is 5.71 Å². The van der Waals surface area contributed by atoms with Gasteiger partial charge in [-0.2, -0.15) is 0 Å². The summed E-state index contributed by atoms with van der Waals surface area (Å²) in [4.78, 5) is 0. The lowest BCUT2D eigenvalue weighted by Crippen LogP contribution is -2.01. The van der Waals surface area contributed by atoms with E-state index < -0.39 is 0 Å². The molecule has 2 nitrogen and oxygen atoms in total. The van der Waals surface area contributed by atoms with Gasteiger partial charge in [-0.25, -0.2) is 0 Å². The largest absolute Gasteiger partial charge is 0.411 e. The molecule has 0 aromatic rings. The molecule has 2 heteroatoms. The van der Waals surface area contributed by atoms with E-state index in [4.69, 9.17) is 11.6 Å². The zero-order valence-corrected chi connectivity index (χ0v) is 5.67. The van der Waals surface area contributed by atoms with Gasteiger partial charge in [0.25, 0.3) is 0 Å². The van der Waals surface area contributed by atoms with Gasteiger partial charge in [0.15, 0.2) is 0 Å². The average Bonchev–Trinajstić information content (AvgIpc) is 2.05. The van der Waals surface area contributed by atoms with Crippen molar-refractivity contribution in [1.82, 2.24) is 0 Å². The van der Waals surface area contributed by atoms with Crippen LogP contribution in [0, 0.1) is 12.3 Å². The molecule has 0 aromatic carbocycles. The molecule has 0 spiro atoms. The zero-order chi connectivity index (χ0) is 7.40. The molecule has 1 aliphatic carbocycles. The van der Waals surface area contributed by atoms with Crippen LogP contribution < -0.4 is 0 Å². The van der Waals surface area contributed by atoms with Crippen molar-refractivity contribution < 1.29 is 5.21 Å². The third kappa shape index (κ3) is 1.38. The van der Waals surface area contributed by atoms with Gasteiger partial charge in [-0.15, -0.1) is 6.42 Å². The van der Waals surface area contributed by atoms with Crippen LogP contribution in [-0.4, -0.2) is 10.9 Å². The lowest BCUT2D eigenvalue weighted by molar-refractivity contribution is 0.318. The molecule has 0 radical (unpaired) electrons. The summed E-state index contributed by atoms with van der Waals surface area (Å²) in [6.45, 7) is 0. The summed E-state index contributed by atoms with van der Waals surface area (Å²) in [6.07, 6.45) is 9.70. The molecule has 0 aromatic heterocycles. The van der Waals surface area contributed by atoms with Crippen molar-refractivity contribution in [2.24, 2.45) is 5.16 Å². The maximum atomic E-state index is 8.38. The minimum absolute atomic E-state index is 0.694. The Bertz CT molecular complexity index is 220. The smallest absolute Gasteiger partial charge is 0.0804 e. The third-order valence-electron chi connectivity index (χ3n) is 1.53. The molecule has 1 N–H and O–H groups in total. The van der Waals surface area contributed by atoms with Crippen molar-refractivity contribution >= 4 is 5.71 Å². The van der Waals surface area contributed by atoms with Crippen molar-refractivity contribution in [1.29, 1.82) is 0 Å². The minimum atomic E-state index is 0.694. The molecule has 0 atom stereocenters. The first-order valence-corrected chi connectivity index (χ1v) is 3.25. The molecule has 10 heavy (non-hydrogen) atoms. The molecule has 0 unspecified atom stereocenters. The molecule has 1 aliphatic rings. The first-order valence-electron chi connectivity index (χ1n) is 3.25. The van der Waals surface area contributed by atoms with Gasteiger partial charge in [-0.05, 0) is 25.3 Å². The molecule has 0 aliphatic heterocycles. The van der Waals surface area contributed by atoms with Gasteiger partial charge in [0.2, 0.25) is 0 Å². The van der Waals surface area contributed by atoms with E-state index in [1.54, 1.807) is 6.08 Å². The predicted molar refractivity (Wildman–Crippen MR) is 40.0 cm³/mol. The number of allylic oxidation sites excluding steroid dienone is 2. The number of hydrogen-bond acceptors (Lipinski definition) is 2. The number of rotatable bonds is 0. The summed E-state index contributed by atoms with van der Waals surface area (Å²) < 4.78 is 0. The minimum Gasteiger partial charge on any atom is -0.411 e. The Kier molecular flexibility index (Phi) is 2.11. The van der Waals surface area contributed by atoms with E-state index in [0.717, 1.165) is 24.8 Å². The lowest BCUT2D eigenvalue weighted by atomic mass is 9.99. The van der Waals surface area contributed by atoms with E-state index in [9.17, 15) is 0 Å². The molecular weight excluding hydrogens is 126 g/mol. The molecule has 0 saturated carbocycles. The van der Waals surface area contributed by atoms with Crippen LogP contribution in [0.15, 0.2) is 16.8 Å². The van der Waals surface area contributed by atoms with Crippen LogP contribution in [0.1, 0.15) is 19.3 Å². The van der Waals surface area contributed by atoms with Crippen LogP contribution in [-0.2, 0) is 0 Å². The maximum Gasteiger partial charge on any atom is 0.0804 e. The zero-order valence-electron chi connectivity index (χ0n) is 5.67. The van der Waals surface area contributed by atoms with Gasteiger partial charge in [0.05, 0.1) is 5.71 Å². The van der Waals surface area contributed by atoms with Crippen molar-refractivity contribution in [3.05, 3.63) is 11.6 Å². The van der Waals surface area contributed by atoms with E-state index in [2.05, 4.69) is 11.1 Å². The molecule has 0 fully saturated rings. The average molecular weight is 135 g/mol. The van der Waals surface area contributed by atoms with Gasteiger partial charge >= 0.3 is 0 Å². The Morgan fingerprint density at radius 3 is 3.00 bits per heavy atom. The molecule has 0 heterocycles. The van der Waals surface area contributed by atoms with E-state index in [1.807, 2.05) is 0 Å². The number of oxime groups is 1. The molecule has 1 rings (SSSR count). The number of hydrogen-bond donors (Lipinski definition) is 1. The van der Waals surface area contributed by atoms with Crippen molar-refractivity contribution in [3.8, 4) is 12.3 Å². The van der Waals surface area contributed by atoms with Gasteiger partial charge in [-0.1, -0.05) is 11.1 Å². The highest BCUT2D eigenvalue weighted by atomic mass is 16.4. The van der Waals surface area contributed by atoms with Crippen LogP contribution in [0.4, 0.5) is 0 Å². The van der Waals surface area contributed by atoms with Crippen molar-refractivity contribution in [2.75, 3.05) is 0 Å². The van der Waals surface area contributed by atoms with Crippen LogP contribution in [0.25, 0.3) is 0 Å². The van der Waals surface area contributed by atoms with Gasteiger partial charge in [0.1, 0.15) is 0 Å². The second kappa shape index (κ2) is 3.07. The van der Waals surface area contributed by atoms with E-state index >= 15 is 0 Å². The number of terminal acetylenes is 1. The fourth-order valence-electron chi connectivity index (χ4n) is 0.998. The molecular formula is C8H9NO. The Labute approximate surface area is 60.2 Å². The monoisotopic (exact) mass is 135 g/mol. The molecule has 0 saturated heterocycles. The fourth-order valence-corrected chi connectivity index (χ4v) is 0.998. The van der Waals surface area contributed by atoms with Gasteiger partial charge in [0, 0.05) is 5.57 Å². The van der Waals surface area contributed by atoms with E-state index in [1.165, 1.54) is 0 Å². The highest BCUT2D eigenvalue weighted by molar-refractivity contribution is 5.96. The molecule has 52 valence electrons. The Balaban J connectivity index is 2.78. The Morgan fingerprint density at radius 2 is 2.40 bits per heavy atom. The van der Waals surface area contributed by atoms with Crippen molar-refractivity contribution in [2.45, 2.75) is 19.3 Å². The van der Waals surface area contributed by atoms with Gasteiger partial charge < -0.3 is 5.21 Å². The summed E-state index contributed by atoms with van der Waals surface area (Å²) in [5.41, 5.74) is 1.62. The Morgan fingerprint density at radius 1 is 1.60 bits per heavy atom. The lowest BCUT2D eigenvalue weighted by Gasteiger charge is -2.07. The van der Waals surface area contributed by atoms with E-state index in [-0.39, 0.29) is 0 Å².